The van der Waals surface area contributed by atoms with E-state index in [0.29, 0.717) is 35.8 Å². The molecule has 2 amide bonds. The van der Waals surface area contributed by atoms with E-state index < -0.39 is 11.9 Å². The Kier molecular flexibility index (Phi) is 6.98. The zero-order valence-corrected chi connectivity index (χ0v) is 18.9. The number of carbonyl (C=O) groups excluding carboxylic acids is 2. The van der Waals surface area contributed by atoms with E-state index in [2.05, 4.69) is 16.4 Å². The number of nitrogens with zero attached hydrogens (tertiary/aromatic N) is 3. The molecular weight excluding hydrogens is 431 g/mol. The van der Waals surface area contributed by atoms with Crippen molar-refractivity contribution < 1.29 is 14.0 Å². The third kappa shape index (κ3) is 5.29. The lowest BCUT2D eigenvalue weighted by Gasteiger charge is -2.21. The second kappa shape index (κ2) is 10.3. The fraction of sp³-hybridized carbons (Fsp3) is 0.259. The highest BCUT2D eigenvalue weighted by molar-refractivity contribution is 6.05. The van der Waals surface area contributed by atoms with E-state index in [0.717, 1.165) is 30.9 Å². The first-order valence-corrected chi connectivity index (χ1v) is 11.3. The molecule has 1 aliphatic rings. The monoisotopic (exact) mass is 456 g/mol. The number of nitrogens with one attached hydrogen (secondary N) is 1. The van der Waals surface area contributed by atoms with Crippen molar-refractivity contribution in [3.05, 3.63) is 94.6 Å². The largest absolute Gasteiger partial charge is 0.339 e. The van der Waals surface area contributed by atoms with Crippen LogP contribution in [0, 0.1) is 24.2 Å². The number of carbonyl (C=O) groups is 2. The molecule has 1 aliphatic heterocycles. The van der Waals surface area contributed by atoms with Gasteiger partial charge < -0.3 is 10.2 Å². The molecule has 34 heavy (non-hydrogen) atoms. The van der Waals surface area contributed by atoms with Gasteiger partial charge in [-0.25, -0.2) is 4.98 Å². The molecule has 6 nitrogen and oxygen atoms in total. The van der Waals surface area contributed by atoms with Gasteiger partial charge in [0.15, 0.2) is 0 Å². The molecule has 0 aliphatic carbocycles. The molecule has 0 radical (unpaired) electrons. The van der Waals surface area contributed by atoms with Gasteiger partial charge in [0, 0.05) is 30.5 Å². The maximum Gasteiger partial charge on any atom is 0.257 e. The third-order valence-electron chi connectivity index (χ3n) is 6.25. The molecule has 2 heterocycles. The molecule has 0 unspecified atom stereocenters. The first-order chi connectivity index (χ1) is 16.4. The SMILES string of the molecule is Cc1ccc(C(=O)N2CCC[C@H](c3ccc(C#N)cc3)CC2)cc1NC(=O)c1ccc(F)nc1. The van der Waals surface area contributed by atoms with Gasteiger partial charge in [0.05, 0.1) is 17.2 Å². The summed E-state index contributed by atoms with van der Waals surface area (Å²) in [6.45, 7) is 3.16. The van der Waals surface area contributed by atoms with Crippen molar-refractivity contribution in [2.75, 3.05) is 18.4 Å². The smallest absolute Gasteiger partial charge is 0.257 e. The Morgan fingerprint density at radius 1 is 1.06 bits per heavy atom. The number of hydrogen-bond donors (Lipinski definition) is 1. The lowest BCUT2D eigenvalue weighted by atomic mass is 9.91. The van der Waals surface area contributed by atoms with Crippen molar-refractivity contribution in [1.29, 1.82) is 5.26 Å². The summed E-state index contributed by atoms with van der Waals surface area (Å²) in [5.41, 5.74) is 3.94. The van der Waals surface area contributed by atoms with Crippen molar-refractivity contribution >= 4 is 17.5 Å². The van der Waals surface area contributed by atoms with E-state index in [1.165, 1.54) is 17.8 Å². The summed E-state index contributed by atoms with van der Waals surface area (Å²) >= 11 is 0. The molecular formula is C27H25FN4O2. The minimum absolute atomic E-state index is 0.0700. The summed E-state index contributed by atoms with van der Waals surface area (Å²) in [4.78, 5) is 31.2. The average molecular weight is 457 g/mol. The second-order valence-electron chi connectivity index (χ2n) is 8.51. The molecule has 2 aromatic carbocycles. The van der Waals surface area contributed by atoms with Crippen molar-refractivity contribution in [1.82, 2.24) is 9.88 Å². The van der Waals surface area contributed by atoms with Crippen molar-refractivity contribution in [2.45, 2.75) is 32.1 Å². The molecule has 1 atom stereocenters. The quantitative estimate of drug-likeness (QED) is 0.556. The summed E-state index contributed by atoms with van der Waals surface area (Å²) in [6, 6.07) is 17.6. The van der Waals surface area contributed by atoms with Gasteiger partial charge in [-0.2, -0.15) is 9.65 Å². The Hall–Kier alpha value is -4.05. The fourth-order valence-corrected chi connectivity index (χ4v) is 4.24. The van der Waals surface area contributed by atoms with Gasteiger partial charge in [-0.3, -0.25) is 9.59 Å². The van der Waals surface area contributed by atoms with Gasteiger partial charge in [0.2, 0.25) is 5.95 Å². The Morgan fingerprint density at radius 2 is 1.82 bits per heavy atom. The lowest BCUT2D eigenvalue weighted by molar-refractivity contribution is 0.0760. The number of anilines is 1. The zero-order valence-electron chi connectivity index (χ0n) is 18.9. The highest BCUT2D eigenvalue weighted by atomic mass is 19.1. The maximum absolute atomic E-state index is 13.3. The van der Waals surface area contributed by atoms with Crippen molar-refractivity contribution in [2.24, 2.45) is 0 Å². The van der Waals surface area contributed by atoms with Gasteiger partial charge >= 0.3 is 0 Å². The Labute approximate surface area is 198 Å². The third-order valence-corrected chi connectivity index (χ3v) is 6.25. The van der Waals surface area contributed by atoms with Crippen molar-refractivity contribution in [3.63, 3.8) is 0 Å². The van der Waals surface area contributed by atoms with Crippen LogP contribution in [0.5, 0.6) is 0 Å². The van der Waals surface area contributed by atoms with Gasteiger partial charge in [-0.15, -0.1) is 0 Å². The fourth-order valence-electron chi connectivity index (χ4n) is 4.24. The Morgan fingerprint density at radius 3 is 2.53 bits per heavy atom. The number of aryl methyl sites for hydroxylation is 1. The molecule has 1 aromatic heterocycles. The molecule has 172 valence electrons. The van der Waals surface area contributed by atoms with Crippen LogP contribution in [0.1, 0.15) is 62.6 Å². The van der Waals surface area contributed by atoms with Gasteiger partial charge in [-0.05, 0) is 79.6 Å². The average Bonchev–Trinajstić information content (AvgIpc) is 3.12. The molecule has 1 N–H and O–H groups in total. The van der Waals surface area contributed by atoms with E-state index in [4.69, 9.17) is 5.26 Å². The van der Waals surface area contributed by atoms with Crippen LogP contribution in [0.15, 0.2) is 60.8 Å². The van der Waals surface area contributed by atoms with E-state index >= 15 is 0 Å². The number of halogens is 1. The summed E-state index contributed by atoms with van der Waals surface area (Å²) < 4.78 is 13.0. The molecule has 1 fully saturated rings. The van der Waals surface area contributed by atoms with Crippen LogP contribution in [-0.4, -0.2) is 34.8 Å². The highest BCUT2D eigenvalue weighted by Gasteiger charge is 2.23. The van der Waals surface area contributed by atoms with Crippen molar-refractivity contribution in [3.8, 4) is 6.07 Å². The van der Waals surface area contributed by atoms with Crippen LogP contribution in [0.25, 0.3) is 0 Å². The number of aromatic nitrogens is 1. The van der Waals surface area contributed by atoms with Gasteiger partial charge in [0.1, 0.15) is 0 Å². The zero-order chi connectivity index (χ0) is 24.1. The molecule has 4 rings (SSSR count). The predicted molar refractivity (Wildman–Crippen MR) is 127 cm³/mol. The van der Waals surface area contributed by atoms with Crippen LogP contribution in [-0.2, 0) is 0 Å². The standard InChI is InChI=1S/C27H25FN4O2/c1-18-4-7-22(15-24(18)31-26(33)23-10-11-25(28)30-17-23)27(34)32-13-2-3-20(12-14-32)21-8-5-19(16-29)6-9-21/h4-11,15,17,20H,2-3,12-14H2,1H3,(H,31,33)/t20-/m0/s1. The van der Waals surface area contributed by atoms with Gasteiger partial charge in [-0.1, -0.05) is 18.2 Å². The summed E-state index contributed by atoms with van der Waals surface area (Å²) in [6.07, 6.45) is 3.90. The number of rotatable bonds is 4. The van der Waals surface area contributed by atoms with Crippen LogP contribution in [0.4, 0.5) is 10.1 Å². The number of likely N-dealkylation sites (tertiary alicyclic amines) is 1. The Bertz CT molecular complexity index is 1230. The van der Waals surface area contributed by atoms with Crippen LogP contribution in [0.2, 0.25) is 0 Å². The molecule has 7 heteroatoms. The molecule has 3 aromatic rings. The summed E-state index contributed by atoms with van der Waals surface area (Å²) in [5, 5.41) is 11.8. The Balaban J connectivity index is 1.44. The number of pyridine rings is 1. The first kappa shape index (κ1) is 23.1. The van der Waals surface area contributed by atoms with E-state index in [-0.39, 0.29) is 11.5 Å². The number of amides is 2. The minimum Gasteiger partial charge on any atom is -0.339 e. The lowest BCUT2D eigenvalue weighted by Crippen LogP contribution is -2.32. The maximum atomic E-state index is 13.3. The minimum atomic E-state index is -0.654. The molecule has 0 saturated carbocycles. The number of nitriles is 1. The summed E-state index contributed by atoms with van der Waals surface area (Å²) in [5.74, 6) is -0.790. The number of benzene rings is 2. The van der Waals surface area contributed by atoms with Crippen LogP contribution in [0.3, 0.4) is 0 Å². The van der Waals surface area contributed by atoms with Crippen LogP contribution >= 0.6 is 0 Å². The molecule has 0 bridgehead atoms. The van der Waals surface area contributed by atoms with E-state index in [1.807, 2.05) is 42.2 Å². The summed E-state index contributed by atoms with van der Waals surface area (Å²) in [7, 11) is 0. The number of hydrogen-bond acceptors (Lipinski definition) is 4. The first-order valence-electron chi connectivity index (χ1n) is 11.3. The van der Waals surface area contributed by atoms with Crippen LogP contribution < -0.4 is 5.32 Å². The van der Waals surface area contributed by atoms with E-state index in [1.54, 1.807) is 12.1 Å². The normalized spacial score (nSPS) is 15.8. The topological polar surface area (TPSA) is 86.1 Å². The highest BCUT2D eigenvalue weighted by Crippen LogP contribution is 2.29. The molecule has 0 spiro atoms. The van der Waals surface area contributed by atoms with Gasteiger partial charge in [0.25, 0.3) is 11.8 Å². The molecule has 1 saturated heterocycles. The predicted octanol–water partition coefficient (Wildman–Crippen LogP) is 5.06. The van der Waals surface area contributed by atoms with E-state index in [9.17, 15) is 14.0 Å². The second-order valence-corrected chi connectivity index (χ2v) is 8.51.